The van der Waals surface area contributed by atoms with Gasteiger partial charge in [-0.25, -0.2) is 0 Å². The van der Waals surface area contributed by atoms with E-state index in [4.69, 9.17) is 4.43 Å². The summed E-state index contributed by atoms with van der Waals surface area (Å²) in [6, 6.07) is 0. The third-order valence-electron chi connectivity index (χ3n) is 7.80. The van der Waals surface area contributed by atoms with Gasteiger partial charge < -0.3 is 4.43 Å². The Morgan fingerprint density at radius 3 is 2.44 bits per heavy atom. The quantitative estimate of drug-likeness (QED) is 0.503. The summed E-state index contributed by atoms with van der Waals surface area (Å²) >= 11 is 0. The van der Waals surface area contributed by atoms with Crippen LogP contribution in [0.4, 0.5) is 0 Å². The van der Waals surface area contributed by atoms with Gasteiger partial charge in [0.2, 0.25) is 0 Å². The van der Waals surface area contributed by atoms with E-state index in [-0.39, 0.29) is 40.0 Å². The Labute approximate surface area is 154 Å². The van der Waals surface area contributed by atoms with E-state index in [1.54, 1.807) is 0 Å². The lowest BCUT2D eigenvalue weighted by atomic mass is 9.68. The lowest BCUT2D eigenvalue weighted by molar-refractivity contribution is -0.137. The van der Waals surface area contributed by atoms with Crippen molar-refractivity contribution in [1.29, 1.82) is 0 Å². The predicted molar refractivity (Wildman–Crippen MR) is 103 cm³/mol. The minimum absolute atomic E-state index is 0.0105. The molecule has 142 valence electrons. The van der Waals surface area contributed by atoms with Crippen molar-refractivity contribution in [2.24, 2.45) is 23.2 Å². The zero-order chi connectivity index (χ0) is 18.6. The molecule has 0 heterocycles. The Hall–Kier alpha value is -0.483. The number of ketones is 2. The normalized spacial score (nSPS) is 39.8. The lowest BCUT2D eigenvalue weighted by Gasteiger charge is -2.48. The first-order chi connectivity index (χ1) is 11.5. The van der Waals surface area contributed by atoms with Gasteiger partial charge in [0.05, 0.1) is 12.0 Å². The van der Waals surface area contributed by atoms with Gasteiger partial charge in [-0.05, 0) is 49.7 Å². The highest BCUT2D eigenvalue weighted by Crippen LogP contribution is 2.59. The van der Waals surface area contributed by atoms with Gasteiger partial charge in [0.25, 0.3) is 0 Å². The lowest BCUT2D eigenvalue weighted by Crippen LogP contribution is -2.53. The SMILES string of the molecule is C[C@@H]1C[C@@]23CCCC[C@@H](CCC(=O)[C@H]2C1=O)[C@H]3O[Si](C)(C)C(C)(C)C. The zero-order valence-corrected chi connectivity index (χ0v) is 18.0. The van der Waals surface area contributed by atoms with Crippen molar-refractivity contribution < 1.29 is 14.0 Å². The highest BCUT2D eigenvalue weighted by Gasteiger charge is 2.62. The van der Waals surface area contributed by atoms with E-state index >= 15 is 0 Å². The molecule has 3 saturated carbocycles. The number of carbonyl (C=O) groups is 2. The fourth-order valence-corrected chi connectivity index (χ4v) is 6.88. The number of hydrogen-bond acceptors (Lipinski definition) is 3. The summed E-state index contributed by atoms with van der Waals surface area (Å²) < 4.78 is 7.05. The summed E-state index contributed by atoms with van der Waals surface area (Å²) in [5.74, 6) is 0.485. The maximum atomic E-state index is 13.0. The number of Topliss-reactive ketones (excluding diaryl/α,β-unsaturated/α-hetero) is 2. The summed E-state index contributed by atoms with van der Waals surface area (Å²) in [4.78, 5) is 25.9. The molecule has 0 aromatic heterocycles. The van der Waals surface area contributed by atoms with Gasteiger partial charge in [-0.1, -0.05) is 40.5 Å². The van der Waals surface area contributed by atoms with Gasteiger partial charge >= 0.3 is 0 Å². The van der Waals surface area contributed by atoms with Crippen molar-refractivity contribution in [1.82, 2.24) is 0 Å². The van der Waals surface area contributed by atoms with E-state index < -0.39 is 8.32 Å². The zero-order valence-electron chi connectivity index (χ0n) is 17.0. The molecule has 0 N–H and O–H groups in total. The number of hydrogen-bond donors (Lipinski definition) is 0. The molecule has 0 aromatic rings. The first-order valence-corrected chi connectivity index (χ1v) is 13.1. The maximum absolute atomic E-state index is 13.0. The second kappa shape index (κ2) is 6.30. The Morgan fingerprint density at radius 2 is 1.80 bits per heavy atom. The molecule has 5 atom stereocenters. The first kappa shape index (κ1) is 19.3. The van der Waals surface area contributed by atoms with Crippen LogP contribution in [0.25, 0.3) is 0 Å². The first-order valence-electron chi connectivity index (χ1n) is 10.2. The molecule has 3 aliphatic rings. The summed E-state index contributed by atoms with van der Waals surface area (Å²) in [5.41, 5.74) is -0.221. The minimum Gasteiger partial charge on any atom is -0.413 e. The van der Waals surface area contributed by atoms with Crippen LogP contribution in [0.15, 0.2) is 0 Å². The smallest absolute Gasteiger partial charge is 0.192 e. The Balaban J connectivity index is 2.07. The number of carbonyl (C=O) groups excluding carboxylic acids is 2. The monoisotopic (exact) mass is 364 g/mol. The topological polar surface area (TPSA) is 43.4 Å². The van der Waals surface area contributed by atoms with Crippen LogP contribution in [0, 0.1) is 23.2 Å². The molecule has 2 bridgehead atoms. The van der Waals surface area contributed by atoms with Gasteiger partial charge in [0, 0.05) is 17.8 Å². The molecule has 3 fully saturated rings. The molecule has 1 spiro atoms. The molecule has 0 aliphatic heterocycles. The molecular formula is C21H36O3Si. The Kier molecular flexibility index (Phi) is 4.86. The molecule has 0 aromatic carbocycles. The van der Waals surface area contributed by atoms with Gasteiger partial charge in [-0.2, -0.15) is 0 Å². The Morgan fingerprint density at radius 1 is 1.12 bits per heavy atom. The van der Waals surface area contributed by atoms with E-state index in [0.717, 1.165) is 32.1 Å². The third kappa shape index (κ3) is 3.07. The summed E-state index contributed by atoms with van der Waals surface area (Å²) in [6.45, 7) is 13.5. The van der Waals surface area contributed by atoms with Crippen LogP contribution in [-0.4, -0.2) is 26.0 Å². The highest BCUT2D eigenvalue weighted by atomic mass is 28.4. The fraction of sp³-hybridized carbons (Fsp3) is 0.905. The minimum atomic E-state index is -1.96. The predicted octanol–water partition coefficient (Wildman–Crippen LogP) is 5.14. The van der Waals surface area contributed by atoms with Gasteiger partial charge in [-0.3, -0.25) is 9.59 Å². The van der Waals surface area contributed by atoms with Gasteiger partial charge in [-0.15, -0.1) is 0 Å². The van der Waals surface area contributed by atoms with Crippen LogP contribution in [-0.2, 0) is 14.0 Å². The van der Waals surface area contributed by atoms with Crippen molar-refractivity contribution in [2.75, 3.05) is 0 Å². The van der Waals surface area contributed by atoms with Crippen molar-refractivity contribution in [3.8, 4) is 0 Å². The number of fused-ring (bicyclic) bond motifs is 1. The van der Waals surface area contributed by atoms with Crippen LogP contribution in [0.3, 0.4) is 0 Å². The number of rotatable bonds is 2. The Bertz CT molecular complexity index is 562. The molecule has 0 saturated heterocycles. The van der Waals surface area contributed by atoms with Crippen LogP contribution in [0.2, 0.25) is 18.1 Å². The molecule has 3 rings (SSSR count). The van der Waals surface area contributed by atoms with Crippen LogP contribution in [0.5, 0.6) is 0 Å². The van der Waals surface area contributed by atoms with E-state index in [0.29, 0.717) is 12.3 Å². The van der Waals surface area contributed by atoms with E-state index in [2.05, 4.69) is 33.9 Å². The second-order valence-electron chi connectivity index (χ2n) is 10.5. The van der Waals surface area contributed by atoms with Crippen LogP contribution >= 0.6 is 0 Å². The highest BCUT2D eigenvalue weighted by molar-refractivity contribution is 6.74. The summed E-state index contributed by atoms with van der Waals surface area (Å²) in [7, 11) is -1.96. The molecule has 25 heavy (non-hydrogen) atoms. The van der Waals surface area contributed by atoms with Gasteiger partial charge in [0.1, 0.15) is 11.6 Å². The molecule has 0 radical (unpaired) electrons. The maximum Gasteiger partial charge on any atom is 0.192 e. The van der Waals surface area contributed by atoms with E-state index in [1.807, 2.05) is 6.92 Å². The third-order valence-corrected chi connectivity index (χ3v) is 12.3. The second-order valence-corrected chi connectivity index (χ2v) is 15.2. The standard InChI is InChI=1S/C21H36O3Si/c1-14-13-21-12-8-7-9-15(10-11-16(22)17(21)18(14)23)19(21)24-25(5,6)20(2,3)4/h14-15,17,19H,7-13H2,1-6H3/t14-,15+,17+,19-,21+/m1/s1. The largest absolute Gasteiger partial charge is 0.413 e. The van der Waals surface area contributed by atoms with Crippen molar-refractivity contribution in [3.05, 3.63) is 0 Å². The molecule has 0 amide bonds. The fourth-order valence-electron chi connectivity index (χ4n) is 5.46. The summed E-state index contributed by atoms with van der Waals surface area (Å²) in [5, 5.41) is 0.146. The van der Waals surface area contributed by atoms with Crippen LogP contribution in [0.1, 0.15) is 72.6 Å². The molecule has 3 aliphatic carbocycles. The molecule has 3 nitrogen and oxygen atoms in total. The summed E-state index contributed by atoms with van der Waals surface area (Å²) in [6.07, 6.45) is 6.95. The molecule has 0 unspecified atom stereocenters. The van der Waals surface area contributed by atoms with E-state index in [9.17, 15) is 9.59 Å². The van der Waals surface area contributed by atoms with E-state index in [1.165, 1.54) is 6.42 Å². The van der Waals surface area contributed by atoms with Crippen molar-refractivity contribution in [2.45, 2.75) is 96.9 Å². The van der Waals surface area contributed by atoms with Crippen molar-refractivity contribution in [3.63, 3.8) is 0 Å². The molecule has 4 heteroatoms. The average molecular weight is 365 g/mol. The molecular weight excluding hydrogens is 328 g/mol. The van der Waals surface area contributed by atoms with Gasteiger partial charge in [0.15, 0.2) is 8.32 Å². The average Bonchev–Trinajstić information content (AvgIpc) is 2.59. The van der Waals surface area contributed by atoms with Crippen LogP contribution < -0.4 is 0 Å². The van der Waals surface area contributed by atoms with Crippen molar-refractivity contribution >= 4 is 19.9 Å².